The summed E-state index contributed by atoms with van der Waals surface area (Å²) in [6, 6.07) is 8.97. The summed E-state index contributed by atoms with van der Waals surface area (Å²) in [5.74, 6) is 0.586. The SMILES string of the molecule is Cc1cc2nccc([C@@H](C)Oc3ccc(Cl)cc3Cl)n2n1. The van der Waals surface area contributed by atoms with E-state index in [1.807, 2.05) is 26.0 Å². The molecule has 2 heterocycles. The Labute approximate surface area is 132 Å². The quantitative estimate of drug-likeness (QED) is 0.713. The molecule has 0 N–H and O–H groups in total. The number of hydrogen-bond donors (Lipinski definition) is 0. The molecule has 0 aliphatic carbocycles. The highest BCUT2D eigenvalue weighted by molar-refractivity contribution is 6.35. The summed E-state index contributed by atoms with van der Waals surface area (Å²) in [6.45, 7) is 3.87. The van der Waals surface area contributed by atoms with E-state index in [0.717, 1.165) is 17.0 Å². The summed E-state index contributed by atoms with van der Waals surface area (Å²) in [5.41, 5.74) is 2.61. The van der Waals surface area contributed by atoms with E-state index in [2.05, 4.69) is 10.1 Å². The lowest BCUT2D eigenvalue weighted by atomic mass is 10.2. The Hall–Kier alpha value is -1.78. The molecule has 0 amide bonds. The fourth-order valence-electron chi connectivity index (χ4n) is 2.16. The number of aryl methyl sites for hydroxylation is 1. The Morgan fingerprint density at radius 3 is 2.76 bits per heavy atom. The first kappa shape index (κ1) is 14.2. The number of nitrogens with zero attached hydrogens (tertiary/aromatic N) is 3. The molecule has 4 nitrogen and oxygen atoms in total. The molecule has 1 aromatic carbocycles. The lowest BCUT2D eigenvalue weighted by Crippen LogP contribution is -2.10. The maximum atomic E-state index is 6.14. The van der Waals surface area contributed by atoms with Gasteiger partial charge >= 0.3 is 0 Å². The minimum absolute atomic E-state index is 0.228. The Morgan fingerprint density at radius 1 is 1.19 bits per heavy atom. The first-order valence-electron chi connectivity index (χ1n) is 6.47. The van der Waals surface area contributed by atoms with Gasteiger partial charge in [0.15, 0.2) is 5.65 Å². The molecule has 0 saturated carbocycles. The van der Waals surface area contributed by atoms with Crippen LogP contribution in [0.2, 0.25) is 10.0 Å². The molecule has 0 unspecified atom stereocenters. The van der Waals surface area contributed by atoms with E-state index in [9.17, 15) is 0 Å². The molecule has 0 bridgehead atoms. The van der Waals surface area contributed by atoms with Crippen molar-refractivity contribution in [2.45, 2.75) is 20.0 Å². The zero-order valence-electron chi connectivity index (χ0n) is 11.5. The second-order valence-electron chi connectivity index (χ2n) is 4.76. The second kappa shape index (κ2) is 5.54. The van der Waals surface area contributed by atoms with Crippen molar-refractivity contribution in [3.63, 3.8) is 0 Å². The van der Waals surface area contributed by atoms with Crippen LogP contribution in [0.5, 0.6) is 5.75 Å². The van der Waals surface area contributed by atoms with Gasteiger partial charge in [-0.2, -0.15) is 5.10 Å². The summed E-state index contributed by atoms with van der Waals surface area (Å²) in [4.78, 5) is 4.28. The van der Waals surface area contributed by atoms with Crippen LogP contribution in [0.1, 0.15) is 24.4 Å². The summed E-state index contributed by atoms with van der Waals surface area (Å²) in [7, 11) is 0. The Balaban J connectivity index is 1.95. The Morgan fingerprint density at radius 2 is 2.00 bits per heavy atom. The van der Waals surface area contributed by atoms with Gasteiger partial charge in [0.1, 0.15) is 11.9 Å². The van der Waals surface area contributed by atoms with Crippen molar-refractivity contribution >= 4 is 28.8 Å². The van der Waals surface area contributed by atoms with Gasteiger partial charge in [0.05, 0.1) is 16.4 Å². The van der Waals surface area contributed by atoms with Gasteiger partial charge in [-0.25, -0.2) is 9.50 Å². The van der Waals surface area contributed by atoms with Gasteiger partial charge in [0.2, 0.25) is 0 Å². The molecule has 3 aromatic rings. The van der Waals surface area contributed by atoms with Crippen molar-refractivity contribution < 1.29 is 4.74 Å². The second-order valence-corrected chi connectivity index (χ2v) is 5.60. The molecular weight excluding hydrogens is 309 g/mol. The molecular formula is C15H13Cl2N3O. The molecule has 6 heteroatoms. The number of benzene rings is 1. The zero-order valence-corrected chi connectivity index (χ0v) is 13.1. The topological polar surface area (TPSA) is 39.4 Å². The number of fused-ring (bicyclic) bond motifs is 1. The van der Waals surface area contributed by atoms with Crippen LogP contribution in [0.3, 0.4) is 0 Å². The zero-order chi connectivity index (χ0) is 15.0. The van der Waals surface area contributed by atoms with Crippen LogP contribution >= 0.6 is 23.2 Å². The highest BCUT2D eigenvalue weighted by Crippen LogP contribution is 2.31. The van der Waals surface area contributed by atoms with Crippen molar-refractivity contribution in [1.82, 2.24) is 14.6 Å². The van der Waals surface area contributed by atoms with Crippen LogP contribution in [0.15, 0.2) is 36.5 Å². The maximum Gasteiger partial charge on any atom is 0.155 e. The van der Waals surface area contributed by atoms with E-state index in [4.69, 9.17) is 27.9 Å². The third kappa shape index (κ3) is 2.82. The highest BCUT2D eigenvalue weighted by atomic mass is 35.5. The molecule has 0 aliphatic rings. The molecule has 0 aliphatic heterocycles. The summed E-state index contributed by atoms with van der Waals surface area (Å²) < 4.78 is 7.71. The predicted octanol–water partition coefficient (Wildman–Crippen LogP) is 4.48. The first-order chi connectivity index (χ1) is 10.0. The smallest absolute Gasteiger partial charge is 0.155 e. The lowest BCUT2D eigenvalue weighted by molar-refractivity contribution is 0.219. The van der Waals surface area contributed by atoms with Gasteiger partial charge in [-0.15, -0.1) is 0 Å². The largest absolute Gasteiger partial charge is 0.483 e. The molecule has 2 aromatic heterocycles. The van der Waals surface area contributed by atoms with Crippen LogP contribution in [-0.2, 0) is 0 Å². The van der Waals surface area contributed by atoms with Crippen LogP contribution in [0, 0.1) is 6.92 Å². The molecule has 0 radical (unpaired) electrons. The normalized spacial score (nSPS) is 12.6. The van der Waals surface area contributed by atoms with Gasteiger partial charge in [-0.05, 0) is 38.1 Å². The minimum Gasteiger partial charge on any atom is -0.483 e. The average Bonchev–Trinajstić information content (AvgIpc) is 2.81. The van der Waals surface area contributed by atoms with Crippen LogP contribution in [0.4, 0.5) is 0 Å². The summed E-state index contributed by atoms with van der Waals surface area (Å²) in [5, 5.41) is 5.49. The van der Waals surface area contributed by atoms with Crippen LogP contribution in [-0.4, -0.2) is 14.6 Å². The van der Waals surface area contributed by atoms with E-state index in [1.165, 1.54) is 0 Å². The number of hydrogen-bond acceptors (Lipinski definition) is 3. The highest BCUT2D eigenvalue weighted by Gasteiger charge is 2.14. The van der Waals surface area contributed by atoms with Gasteiger partial charge in [0.25, 0.3) is 0 Å². The number of ether oxygens (including phenoxy) is 1. The maximum absolute atomic E-state index is 6.14. The van der Waals surface area contributed by atoms with Gasteiger partial charge in [-0.3, -0.25) is 0 Å². The van der Waals surface area contributed by atoms with Crippen molar-refractivity contribution in [1.29, 1.82) is 0 Å². The molecule has 1 atom stereocenters. The number of aromatic nitrogens is 3. The predicted molar refractivity (Wildman–Crippen MR) is 83.2 cm³/mol. The van der Waals surface area contributed by atoms with Crippen molar-refractivity contribution in [3.8, 4) is 5.75 Å². The van der Waals surface area contributed by atoms with E-state index in [1.54, 1.807) is 28.9 Å². The molecule has 21 heavy (non-hydrogen) atoms. The van der Waals surface area contributed by atoms with Crippen LogP contribution < -0.4 is 4.74 Å². The first-order valence-corrected chi connectivity index (χ1v) is 7.23. The molecule has 3 rings (SSSR count). The van der Waals surface area contributed by atoms with E-state index in [-0.39, 0.29) is 6.10 Å². The minimum atomic E-state index is -0.228. The molecule has 108 valence electrons. The molecule has 0 saturated heterocycles. The fraction of sp³-hybridized carbons (Fsp3) is 0.200. The summed E-state index contributed by atoms with van der Waals surface area (Å²) in [6.07, 6.45) is 1.52. The standard InChI is InChI=1S/C15H13Cl2N3O/c1-9-7-15-18-6-5-13(20(15)19-9)10(2)21-14-4-3-11(16)8-12(14)17/h3-8,10H,1-2H3/t10-/m1/s1. The fourth-order valence-corrected chi connectivity index (χ4v) is 2.61. The van der Waals surface area contributed by atoms with Crippen molar-refractivity contribution in [3.05, 3.63) is 58.0 Å². The number of rotatable bonds is 3. The van der Waals surface area contributed by atoms with E-state index in [0.29, 0.717) is 15.8 Å². The third-order valence-electron chi connectivity index (χ3n) is 3.12. The van der Waals surface area contributed by atoms with E-state index >= 15 is 0 Å². The third-order valence-corrected chi connectivity index (χ3v) is 3.65. The average molecular weight is 322 g/mol. The summed E-state index contributed by atoms with van der Waals surface area (Å²) >= 11 is 12.0. The van der Waals surface area contributed by atoms with Crippen molar-refractivity contribution in [2.75, 3.05) is 0 Å². The molecule has 0 spiro atoms. The lowest BCUT2D eigenvalue weighted by Gasteiger charge is -2.16. The Bertz CT molecular complexity index is 801. The Kier molecular flexibility index (Phi) is 3.74. The van der Waals surface area contributed by atoms with Crippen LogP contribution in [0.25, 0.3) is 5.65 Å². The van der Waals surface area contributed by atoms with Gasteiger partial charge in [0, 0.05) is 17.3 Å². The molecule has 0 fully saturated rings. The monoisotopic (exact) mass is 321 g/mol. The van der Waals surface area contributed by atoms with Gasteiger partial charge in [-0.1, -0.05) is 23.2 Å². The number of halogens is 2. The van der Waals surface area contributed by atoms with Gasteiger partial charge < -0.3 is 4.74 Å². The van der Waals surface area contributed by atoms with E-state index < -0.39 is 0 Å². The van der Waals surface area contributed by atoms with Crippen molar-refractivity contribution in [2.24, 2.45) is 0 Å².